The Hall–Kier alpha value is -5.60. The lowest BCUT2D eigenvalue weighted by atomic mass is 9.95. The zero-order valence-corrected chi connectivity index (χ0v) is 32.4. The number of hydrogen-bond donors (Lipinski definition) is 3. The van der Waals surface area contributed by atoms with Crippen LogP contribution in [0.5, 0.6) is 0 Å². The Kier molecular flexibility index (Phi) is 12.2. The number of amides is 4. The van der Waals surface area contributed by atoms with E-state index in [4.69, 9.17) is 9.47 Å². The number of hydrogen-bond acceptors (Lipinski definition) is 8. The van der Waals surface area contributed by atoms with Crippen molar-refractivity contribution in [2.24, 2.45) is 16.8 Å². The number of aliphatic imine (C=N–C) groups is 1. The lowest BCUT2D eigenvalue weighted by Crippen LogP contribution is -2.53. The number of carbonyl (C=O) groups is 4. The van der Waals surface area contributed by atoms with Gasteiger partial charge in [-0.15, -0.1) is 0 Å². The number of carbonyl (C=O) groups excluding carboxylic acids is 4. The van der Waals surface area contributed by atoms with Crippen LogP contribution in [0.15, 0.2) is 65.9 Å². The highest BCUT2D eigenvalue weighted by Crippen LogP contribution is 2.36. The Bertz CT molecular complexity index is 1980. The first-order valence-corrected chi connectivity index (χ1v) is 18.9. The highest BCUT2D eigenvalue weighted by atomic mass is 19.1. The molecule has 15 heteroatoms. The van der Waals surface area contributed by atoms with Crippen molar-refractivity contribution >= 4 is 35.3 Å². The molecule has 6 rings (SSSR count). The number of allylic oxidation sites excluding steroid dienone is 1. The van der Waals surface area contributed by atoms with Crippen LogP contribution in [0.1, 0.15) is 64.4 Å². The van der Waals surface area contributed by atoms with Crippen molar-refractivity contribution in [3.63, 3.8) is 0 Å². The molecule has 1 unspecified atom stereocenters. The fourth-order valence-electron chi connectivity index (χ4n) is 7.59. The number of aromatic nitrogens is 2. The van der Waals surface area contributed by atoms with Gasteiger partial charge in [0.25, 0.3) is 0 Å². The van der Waals surface area contributed by atoms with Gasteiger partial charge in [-0.1, -0.05) is 76.2 Å². The summed E-state index contributed by atoms with van der Waals surface area (Å²) in [5, 5.41) is 5.17. The van der Waals surface area contributed by atoms with E-state index in [0.29, 0.717) is 18.0 Å². The van der Waals surface area contributed by atoms with Crippen LogP contribution in [-0.2, 0) is 19.1 Å². The van der Waals surface area contributed by atoms with Gasteiger partial charge >= 0.3 is 12.2 Å². The Morgan fingerprint density at radius 3 is 1.70 bits per heavy atom. The predicted octanol–water partition coefficient (Wildman–Crippen LogP) is 6.24. The minimum absolute atomic E-state index is 0.0604. The number of imidazole rings is 1. The fraction of sp³-hybridized carbons (Fsp3) is 0.463. The molecule has 1 aromatic heterocycles. The molecule has 13 nitrogen and oxygen atoms in total. The maximum atomic E-state index is 14.8. The van der Waals surface area contributed by atoms with Gasteiger partial charge in [-0.3, -0.25) is 14.6 Å². The molecule has 0 radical (unpaired) electrons. The zero-order chi connectivity index (χ0) is 40.3. The summed E-state index contributed by atoms with van der Waals surface area (Å²) in [6.45, 7) is 7.07. The van der Waals surface area contributed by atoms with Gasteiger partial charge in [0.1, 0.15) is 30.3 Å². The first kappa shape index (κ1) is 40.1. The predicted molar refractivity (Wildman–Crippen MR) is 207 cm³/mol. The van der Waals surface area contributed by atoms with Crippen molar-refractivity contribution in [2.75, 3.05) is 27.3 Å². The number of likely N-dealkylation sites (tertiary alicyclic amines) is 2. The number of benzene rings is 2. The molecule has 298 valence electrons. The quantitative estimate of drug-likeness (QED) is 0.208. The van der Waals surface area contributed by atoms with Crippen molar-refractivity contribution in [1.29, 1.82) is 0 Å². The average Bonchev–Trinajstić information content (AvgIpc) is 4.02. The molecular weight excluding hydrogens is 724 g/mol. The van der Waals surface area contributed by atoms with Crippen molar-refractivity contribution in [2.45, 2.75) is 83.5 Å². The van der Waals surface area contributed by atoms with Gasteiger partial charge in [0, 0.05) is 31.2 Å². The minimum atomic E-state index is -1.23. The van der Waals surface area contributed by atoms with Crippen LogP contribution in [-0.4, -0.2) is 107 Å². The third-order valence-electron chi connectivity index (χ3n) is 10.7. The second-order valence-electron chi connectivity index (χ2n) is 15.2. The lowest BCUT2D eigenvalue weighted by Gasteiger charge is -2.30. The molecule has 3 aliphatic rings. The number of nitrogens with zero attached hydrogens (tertiary/aromatic N) is 4. The van der Waals surface area contributed by atoms with Gasteiger partial charge in [-0.2, -0.15) is 0 Å². The van der Waals surface area contributed by atoms with E-state index < -0.39 is 54.6 Å². The van der Waals surface area contributed by atoms with E-state index in [0.717, 1.165) is 33.5 Å². The largest absolute Gasteiger partial charge is 0.453 e. The number of methoxy groups -OCH3 is 2. The van der Waals surface area contributed by atoms with E-state index in [-0.39, 0.29) is 43.7 Å². The van der Waals surface area contributed by atoms with E-state index >= 15 is 0 Å². The molecule has 0 bridgehead atoms. The maximum absolute atomic E-state index is 14.8. The lowest BCUT2D eigenvalue weighted by molar-refractivity contribution is -0.136. The molecule has 2 fully saturated rings. The molecule has 0 spiro atoms. The van der Waals surface area contributed by atoms with Crippen molar-refractivity contribution in [3.8, 4) is 22.4 Å². The average molecular weight is 774 g/mol. The number of halogens is 2. The zero-order valence-electron chi connectivity index (χ0n) is 32.4. The summed E-state index contributed by atoms with van der Waals surface area (Å²) in [6.07, 6.45) is 0.284. The third-order valence-corrected chi connectivity index (χ3v) is 10.7. The monoisotopic (exact) mass is 773 g/mol. The van der Waals surface area contributed by atoms with Gasteiger partial charge in [0.05, 0.1) is 51.3 Å². The van der Waals surface area contributed by atoms with Crippen LogP contribution in [0.4, 0.5) is 18.4 Å². The van der Waals surface area contributed by atoms with E-state index in [1.807, 2.05) is 62.4 Å². The van der Waals surface area contributed by atoms with E-state index in [9.17, 15) is 28.0 Å². The number of ether oxygens (including phenoxy) is 2. The smallest absolute Gasteiger partial charge is 0.407 e. The number of alkyl carbamates (subject to hydrolysis) is 2. The summed E-state index contributed by atoms with van der Waals surface area (Å²) in [6, 6.07) is 13.1. The van der Waals surface area contributed by atoms with E-state index in [1.54, 1.807) is 26.2 Å². The second kappa shape index (κ2) is 17.0. The van der Waals surface area contributed by atoms with Gasteiger partial charge < -0.3 is 34.9 Å². The van der Waals surface area contributed by atoms with Gasteiger partial charge in [0.2, 0.25) is 11.8 Å². The molecule has 56 heavy (non-hydrogen) atoms. The molecule has 3 aliphatic heterocycles. The second-order valence-corrected chi connectivity index (χ2v) is 15.2. The molecule has 3 N–H and O–H groups in total. The minimum Gasteiger partial charge on any atom is -0.453 e. The standard InChI is InChI=1S/C41H49F2N7O6/c1-22(2)35(47-40(53)55-5)38(51)49-20-29(42)16-33(49)31-15-28(18-44-31)26-9-7-24(8-10-26)25-11-13-27(14-12-25)32-19-45-37(46-32)34-17-30(43)21-50(34)39(52)36(23(3)4)48-41(54)56-6/h7-14,18-19,22-23,29-30,33-36H,15-17,20-21H2,1-6H3,(H,45,46)(H,47,53)(H,48,54)/t29-,30-,33+,34+,35?,36+/m1/s1. The fourth-order valence-corrected chi connectivity index (χ4v) is 7.59. The Morgan fingerprint density at radius 1 is 0.732 bits per heavy atom. The number of aromatic amines is 1. The summed E-state index contributed by atoms with van der Waals surface area (Å²) in [7, 11) is 2.46. The van der Waals surface area contributed by atoms with Crippen molar-refractivity contribution < 1.29 is 37.4 Å². The molecule has 3 aromatic rings. The van der Waals surface area contributed by atoms with Crippen molar-refractivity contribution in [3.05, 3.63) is 72.3 Å². The van der Waals surface area contributed by atoms with Gasteiger partial charge in [0.15, 0.2) is 0 Å². The number of nitrogens with one attached hydrogen (secondary N) is 3. The van der Waals surface area contributed by atoms with Crippen LogP contribution in [0, 0.1) is 11.8 Å². The highest BCUT2D eigenvalue weighted by molar-refractivity contribution is 6.04. The number of H-pyrrole nitrogens is 1. The molecule has 4 amide bonds. The van der Waals surface area contributed by atoms with Crippen molar-refractivity contribution in [1.82, 2.24) is 30.4 Å². The Labute approximate surface area is 324 Å². The molecule has 0 saturated carbocycles. The highest BCUT2D eigenvalue weighted by Gasteiger charge is 2.43. The number of alkyl halides is 2. The number of rotatable bonds is 11. The summed E-state index contributed by atoms with van der Waals surface area (Å²) >= 11 is 0. The summed E-state index contributed by atoms with van der Waals surface area (Å²) < 4.78 is 38.9. The summed E-state index contributed by atoms with van der Waals surface area (Å²) in [5.74, 6) is -0.757. The molecular formula is C41H49F2N7O6. The van der Waals surface area contributed by atoms with Crippen LogP contribution in [0.2, 0.25) is 0 Å². The molecule has 2 aromatic carbocycles. The Balaban J connectivity index is 1.09. The third kappa shape index (κ3) is 8.61. The SMILES string of the molecule is COC(=O)NC(C(=O)N1C[C@H](F)C[C@H]1C1=NC=C(c2ccc(-c3ccc(-c4cnc([C@@H]5C[C@@H](F)CN5C(=O)[C@@H](NC(=O)OC)C(C)C)[nH]4)cc3)cc2)C1)C(C)C. The van der Waals surface area contributed by atoms with Crippen LogP contribution < -0.4 is 10.6 Å². The topological polar surface area (TPSA) is 158 Å². The van der Waals surface area contributed by atoms with Crippen LogP contribution >= 0.6 is 0 Å². The molecule has 4 heterocycles. The maximum Gasteiger partial charge on any atom is 0.407 e. The molecule has 2 saturated heterocycles. The Morgan fingerprint density at radius 2 is 1.20 bits per heavy atom. The van der Waals surface area contributed by atoms with Crippen LogP contribution in [0.3, 0.4) is 0 Å². The normalized spacial score (nSPS) is 21.8. The summed E-state index contributed by atoms with van der Waals surface area (Å²) in [5.41, 5.74) is 6.19. The van der Waals surface area contributed by atoms with Crippen LogP contribution in [0.25, 0.3) is 28.0 Å². The molecule has 6 atom stereocenters. The first-order valence-electron chi connectivity index (χ1n) is 18.9. The summed E-state index contributed by atoms with van der Waals surface area (Å²) in [4.78, 5) is 66.2. The van der Waals surface area contributed by atoms with Gasteiger partial charge in [-0.05, 0) is 39.7 Å². The van der Waals surface area contributed by atoms with E-state index in [1.165, 1.54) is 24.0 Å². The van der Waals surface area contributed by atoms with E-state index in [2.05, 4.69) is 25.6 Å². The molecule has 0 aliphatic carbocycles. The first-order chi connectivity index (χ1) is 26.8. The van der Waals surface area contributed by atoms with Gasteiger partial charge in [-0.25, -0.2) is 23.4 Å².